The van der Waals surface area contributed by atoms with Crippen LogP contribution in [-0.4, -0.2) is 33.8 Å². The van der Waals surface area contributed by atoms with Crippen molar-refractivity contribution in [3.8, 4) is 5.69 Å². The van der Waals surface area contributed by atoms with Gasteiger partial charge >= 0.3 is 0 Å². The predicted octanol–water partition coefficient (Wildman–Crippen LogP) is 2.18. The van der Waals surface area contributed by atoms with Gasteiger partial charge in [0.1, 0.15) is 11.6 Å². The van der Waals surface area contributed by atoms with E-state index in [4.69, 9.17) is 0 Å². The monoisotopic (exact) mass is 339 g/mol. The minimum atomic E-state index is -0.296. The smallest absolute Gasteiger partial charge is 0.226 e. The van der Waals surface area contributed by atoms with Crippen molar-refractivity contribution >= 4 is 11.7 Å². The Morgan fingerprint density at radius 3 is 2.68 bits per heavy atom. The Morgan fingerprint density at radius 2 is 1.92 bits per heavy atom. The maximum absolute atomic E-state index is 12.9. The van der Waals surface area contributed by atoms with Crippen LogP contribution in [0.4, 0.5) is 10.2 Å². The van der Waals surface area contributed by atoms with Crippen molar-refractivity contribution in [1.29, 1.82) is 0 Å². The van der Waals surface area contributed by atoms with Crippen LogP contribution in [-0.2, 0) is 11.2 Å². The zero-order chi connectivity index (χ0) is 17.5. The molecule has 1 amide bonds. The normalized spacial score (nSPS) is 10.4. The van der Waals surface area contributed by atoms with Crippen LogP contribution >= 0.6 is 0 Å². The number of amides is 1. The van der Waals surface area contributed by atoms with Gasteiger partial charge in [-0.1, -0.05) is 6.07 Å². The first-order valence-corrected chi connectivity index (χ1v) is 7.93. The molecular formula is C18H18FN5O. The van der Waals surface area contributed by atoms with Gasteiger partial charge in [-0.2, -0.15) is 5.10 Å². The maximum atomic E-state index is 12.9. The van der Waals surface area contributed by atoms with E-state index in [9.17, 15) is 9.18 Å². The highest BCUT2D eigenvalue weighted by Gasteiger charge is 2.07. The van der Waals surface area contributed by atoms with Crippen LogP contribution in [0.5, 0.6) is 0 Å². The van der Waals surface area contributed by atoms with Crippen molar-refractivity contribution in [1.82, 2.24) is 20.1 Å². The number of rotatable bonds is 7. The Hall–Kier alpha value is -3.22. The van der Waals surface area contributed by atoms with Crippen LogP contribution in [0.15, 0.2) is 60.9 Å². The van der Waals surface area contributed by atoms with E-state index in [0.717, 1.165) is 11.5 Å². The lowest BCUT2D eigenvalue weighted by molar-refractivity contribution is -0.120. The molecule has 3 aromatic rings. The molecule has 0 unspecified atom stereocenters. The summed E-state index contributed by atoms with van der Waals surface area (Å²) in [5.41, 5.74) is 1.40. The largest absolute Gasteiger partial charge is 0.368 e. The number of anilines is 1. The molecule has 1 aromatic carbocycles. The lowest BCUT2D eigenvalue weighted by atomic mass is 10.3. The molecule has 2 heterocycles. The van der Waals surface area contributed by atoms with Crippen LogP contribution in [0.2, 0.25) is 0 Å². The van der Waals surface area contributed by atoms with Crippen LogP contribution in [0.25, 0.3) is 5.69 Å². The van der Waals surface area contributed by atoms with Gasteiger partial charge in [-0.05, 0) is 42.5 Å². The van der Waals surface area contributed by atoms with Gasteiger partial charge in [-0.3, -0.25) is 4.79 Å². The van der Waals surface area contributed by atoms with Crippen molar-refractivity contribution in [2.45, 2.75) is 6.42 Å². The molecule has 0 saturated heterocycles. The molecule has 25 heavy (non-hydrogen) atoms. The molecule has 0 saturated carbocycles. The number of nitrogens with one attached hydrogen (secondary N) is 2. The van der Waals surface area contributed by atoms with Gasteiger partial charge in [-0.25, -0.2) is 14.1 Å². The molecule has 6 nitrogen and oxygen atoms in total. The Bertz CT molecular complexity index is 817. The van der Waals surface area contributed by atoms with E-state index in [2.05, 4.69) is 20.7 Å². The number of carbonyl (C=O) groups is 1. The highest BCUT2D eigenvalue weighted by atomic mass is 19.1. The highest BCUT2D eigenvalue weighted by Crippen LogP contribution is 2.09. The third-order valence-corrected chi connectivity index (χ3v) is 3.50. The first kappa shape index (κ1) is 16.6. The predicted molar refractivity (Wildman–Crippen MR) is 93.0 cm³/mol. The molecule has 0 aliphatic rings. The van der Waals surface area contributed by atoms with Gasteiger partial charge in [0.25, 0.3) is 0 Å². The fourth-order valence-electron chi connectivity index (χ4n) is 2.28. The number of nitrogens with zero attached hydrogens (tertiary/aromatic N) is 3. The SMILES string of the molecule is O=C(Cc1ccn(-c2ccc(F)cc2)n1)NCCNc1ccccn1. The molecule has 0 radical (unpaired) electrons. The number of pyridine rings is 1. The van der Waals surface area contributed by atoms with E-state index >= 15 is 0 Å². The van der Waals surface area contributed by atoms with E-state index in [1.807, 2.05) is 18.2 Å². The molecule has 7 heteroatoms. The summed E-state index contributed by atoms with van der Waals surface area (Å²) in [6, 6.07) is 13.4. The minimum absolute atomic E-state index is 0.104. The summed E-state index contributed by atoms with van der Waals surface area (Å²) in [6.07, 6.45) is 3.65. The zero-order valence-corrected chi connectivity index (χ0v) is 13.5. The molecular weight excluding hydrogens is 321 g/mol. The first-order valence-electron chi connectivity index (χ1n) is 7.93. The van der Waals surface area contributed by atoms with Crippen molar-refractivity contribution in [2.75, 3.05) is 18.4 Å². The number of carbonyl (C=O) groups excluding carboxylic acids is 1. The van der Waals surface area contributed by atoms with E-state index in [1.165, 1.54) is 12.1 Å². The second-order valence-electron chi connectivity index (χ2n) is 5.40. The van der Waals surface area contributed by atoms with Gasteiger partial charge in [0.2, 0.25) is 5.91 Å². The van der Waals surface area contributed by atoms with E-state index in [-0.39, 0.29) is 18.1 Å². The quantitative estimate of drug-likeness (QED) is 0.647. The van der Waals surface area contributed by atoms with Gasteiger partial charge in [0.15, 0.2) is 0 Å². The number of hydrogen-bond donors (Lipinski definition) is 2. The van der Waals surface area contributed by atoms with E-state index in [0.29, 0.717) is 18.8 Å². The third-order valence-electron chi connectivity index (χ3n) is 3.50. The zero-order valence-electron chi connectivity index (χ0n) is 13.5. The average molecular weight is 339 g/mol. The number of hydrogen-bond acceptors (Lipinski definition) is 4. The fraction of sp³-hybridized carbons (Fsp3) is 0.167. The first-order chi connectivity index (χ1) is 12.2. The molecule has 2 N–H and O–H groups in total. The molecule has 0 fully saturated rings. The van der Waals surface area contributed by atoms with Gasteiger partial charge in [0.05, 0.1) is 17.8 Å². The van der Waals surface area contributed by atoms with Crippen LogP contribution in [0.1, 0.15) is 5.69 Å². The van der Waals surface area contributed by atoms with Crippen LogP contribution in [0, 0.1) is 5.82 Å². The molecule has 0 atom stereocenters. The Balaban J connectivity index is 1.44. The highest BCUT2D eigenvalue weighted by molar-refractivity contribution is 5.78. The molecule has 0 aliphatic carbocycles. The van der Waals surface area contributed by atoms with Crippen molar-refractivity contribution in [3.63, 3.8) is 0 Å². The standard InChI is InChI=1S/C18H18FN5O/c19-14-4-6-16(7-5-14)24-12-8-15(23-24)13-18(25)22-11-10-21-17-3-1-2-9-20-17/h1-9,12H,10-11,13H2,(H,20,21)(H,22,25). The molecule has 128 valence electrons. The summed E-state index contributed by atoms with van der Waals surface area (Å²) < 4.78 is 14.6. The Labute approximate surface area is 144 Å². The molecule has 0 aliphatic heterocycles. The number of halogens is 1. The van der Waals surface area contributed by atoms with Gasteiger partial charge in [0, 0.05) is 25.5 Å². The second-order valence-corrected chi connectivity index (χ2v) is 5.40. The number of benzene rings is 1. The molecule has 0 spiro atoms. The summed E-state index contributed by atoms with van der Waals surface area (Å²) >= 11 is 0. The summed E-state index contributed by atoms with van der Waals surface area (Å²) in [5, 5.41) is 10.3. The van der Waals surface area contributed by atoms with Crippen molar-refractivity contribution < 1.29 is 9.18 Å². The van der Waals surface area contributed by atoms with Crippen molar-refractivity contribution in [3.05, 3.63) is 72.4 Å². The summed E-state index contributed by atoms with van der Waals surface area (Å²) in [5.74, 6) is 0.372. The van der Waals surface area contributed by atoms with Gasteiger partial charge in [-0.15, -0.1) is 0 Å². The summed E-state index contributed by atoms with van der Waals surface area (Å²) in [6.45, 7) is 1.08. The topological polar surface area (TPSA) is 71.8 Å². The maximum Gasteiger partial charge on any atom is 0.226 e. The molecule has 2 aromatic heterocycles. The number of aromatic nitrogens is 3. The molecule has 0 bridgehead atoms. The van der Waals surface area contributed by atoms with E-state index < -0.39 is 0 Å². The van der Waals surface area contributed by atoms with Crippen LogP contribution < -0.4 is 10.6 Å². The second kappa shape index (κ2) is 8.05. The lowest BCUT2D eigenvalue weighted by Gasteiger charge is -2.06. The fourth-order valence-corrected chi connectivity index (χ4v) is 2.28. The Morgan fingerprint density at radius 1 is 1.08 bits per heavy atom. The van der Waals surface area contributed by atoms with Crippen LogP contribution in [0.3, 0.4) is 0 Å². The van der Waals surface area contributed by atoms with Crippen molar-refractivity contribution in [2.24, 2.45) is 0 Å². The summed E-state index contributed by atoms with van der Waals surface area (Å²) in [7, 11) is 0. The third kappa shape index (κ3) is 4.87. The average Bonchev–Trinajstić information content (AvgIpc) is 3.09. The van der Waals surface area contributed by atoms with E-state index in [1.54, 1.807) is 35.3 Å². The minimum Gasteiger partial charge on any atom is -0.368 e. The Kier molecular flexibility index (Phi) is 5.36. The lowest BCUT2D eigenvalue weighted by Crippen LogP contribution is -2.30. The van der Waals surface area contributed by atoms with Gasteiger partial charge < -0.3 is 10.6 Å². The molecule has 3 rings (SSSR count). The summed E-state index contributed by atoms with van der Waals surface area (Å²) in [4.78, 5) is 16.1.